The smallest absolute Gasteiger partial charge is 0.408 e. The van der Waals surface area contributed by atoms with E-state index in [2.05, 4.69) is 17.6 Å². The Balaban J connectivity index is 3.49. The summed E-state index contributed by atoms with van der Waals surface area (Å²) >= 11 is 0. The fraction of sp³-hybridized carbons (Fsp3) is 0.706. The number of alkyl carbamates (subject to hydrolysis) is 1. The van der Waals surface area contributed by atoms with E-state index in [4.69, 9.17) is 9.47 Å². The van der Waals surface area contributed by atoms with Crippen LogP contribution >= 0.6 is 0 Å². The van der Waals surface area contributed by atoms with E-state index in [0.29, 0.717) is 24.9 Å². The first-order valence-electron chi connectivity index (χ1n) is 16.0. The van der Waals surface area contributed by atoms with Crippen LogP contribution < -0.4 is 10.6 Å². The Hall–Kier alpha value is -3.10. The number of aryl methyl sites for hydroxylation is 2. The minimum absolute atomic E-state index is 0.0285. The molecule has 2 atom stereocenters. The molecule has 244 valence electrons. The normalized spacial score (nSPS) is 12.8. The number of ether oxygens (including phenoxy) is 2. The number of benzene rings is 1. The number of hydrogen-bond donors (Lipinski definition) is 2. The molecule has 2 unspecified atom stereocenters. The molecule has 3 amide bonds. The van der Waals surface area contributed by atoms with E-state index in [1.807, 2.05) is 45.9 Å². The van der Waals surface area contributed by atoms with Crippen molar-refractivity contribution in [1.29, 1.82) is 0 Å². The third-order valence-electron chi connectivity index (χ3n) is 6.79. The van der Waals surface area contributed by atoms with Crippen molar-refractivity contribution in [3.8, 4) is 0 Å². The van der Waals surface area contributed by atoms with E-state index in [1.165, 1.54) is 0 Å². The van der Waals surface area contributed by atoms with Crippen LogP contribution in [0.25, 0.3) is 0 Å². The number of nitrogens with zero attached hydrogens (tertiary/aromatic N) is 1. The van der Waals surface area contributed by atoms with Crippen LogP contribution in [0.1, 0.15) is 123 Å². The van der Waals surface area contributed by atoms with Crippen LogP contribution in [-0.4, -0.2) is 60.1 Å². The van der Waals surface area contributed by atoms with Crippen molar-refractivity contribution in [3.63, 3.8) is 0 Å². The maximum atomic E-state index is 14.4. The summed E-state index contributed by atoms with van der Waals surface area (Å²) in [6, 6.07) is 4.03. The summed E-state index contributed by atoms with van der Waals surface area (Å²) in [6.45, 7) is 17.8. The molecule has 1 aromatic carbocycles. The molecular weight excluding hydrogens is 546 g/mol. The second-order valence-electron chi connectivity index (χ2n) is 12.8. The Bertz CT molecular complexity index is 1010. The molecule has 0 saturated carbocycles. The van der Waals surface area contributed by atoms with Gasteiger partial charge < -0.3 is 25.0 Å². The zero-order valence-corrected chi connectivity index (χ0v) is 28.1. The summed E-state index contributed by atoms with van der Waals surface area (Å²) in [4.78, 5) is 54.7. The van der Waals surface area contributed by atoms with E-state index in [0.717, 1.165) is 43.2 Å². The number of amides is 3. The van der Waals surface area contributed by atoms with Crippen molar-refractivity contribution in [3.05, 3.63) is 34.9 Å². The summed E-state index contributed by atoms with van der Waals surface area (Å²) in [5.74, 6) is -1.02. The summed E-state index contributed by atoms with van der Waals surface area (Å²) < 4.78 is 10.5. The van der Waals surface area contributed by atoms with Gasteiger partial charge in [-0.1, -0.05) is 82.2 Å². The highest BCUT2D eigenvalue weighted by molar-refractivity contribution is 5.92. The minimum atomic E-state index is -0.945. The molecule has 0 heterocycles. The largest absolute Gasteiger partial charge is 0.466 e. The standard InChI is InChI=1S/C34H57N3O6/c1-10-12-13-14-15-16-19-37(32(40)28(20-24(3)4)36-33(41)43-34(7,8)9)30(27-22-25(5)21-26(6)23-27)31(39)35-18-17-29(38)42-11-2/h21-24,28,30H,10-20H2,1-9H3,(H,35,39)(H,36,41). The lowest BCUT2D eigenvalue weighted by Crippen LogP contribution is -2.53. The van der Waals surface area contributed by atoms with Crippen molar-refractivity contribution in [2.24, 2.45) is 5.92 Å². The first-order valence-corrected chi connectivity index (χ1v) is 16.0. The van der Waals surface area contributed by atoms with Gasteiger partial charge in [-0.25, -0.2) is 4.79 Å². The molecule has 0 aliphatic rings. The Morgan fingerprint density at radius 1 is 0.907 bits per heavy atom. The molecule has 0 saturated heterocycles. The van der Waals surface area contributed by atoms with Gasteiger partial charge >= 0.3 is 12.1 Å². The van der Waals surface area contributed by atoms with Gasteiger partial charge in [-0.05, 0) is 65.9 Å². The van der Waals surface area contributed by atoms with E-state index in [-0.39, 0.29) is 37.3 Å². The number of rotatable bonds is 18. The van der Waals surface area contributed by atoms with Gasteiger partial charge in [0.15, 0.2) is 0 Å². The first-order chi connectivity index (χ1) is 20.2. The monoisotopic (exact) mass is 603 g/mol. The summed E-state index contributed by atoms with van der Waals surface area (Å²) in [7, 11) is 0. The molecule has 1 aromatic rings. The zero-order valence-electron chi connectivity index (χ0n) is 28.1. The molecule has 43 heavy (non-hydrogen) atoms. The molecule has 0 spiro atoms. The maximum Gasteiger partial charge on any atom is 0.408 e. The topological polar surface area (TPSA) is 114 Å². The quantitative estimate of drug-likeness (QED) is 0.145. The number of carbonyl (C=O) groups excluding carboxylic acids is 4. The molecule has 0 aliphatic heterocycles. The molecule has 1 rings (SSSR count). The highest BCUT2D eigenvalue weighted by Crippen LogP contribution is 2.27. The van der Waals surface area contributed by atoms with Gasteiger partial charge in [0.05, 0.1) is 13.0 Å². The molecule has 2 N–H and O–H groups in total. The number of esters is 1. The Morgan fingerprint density at radius 3 is 2.07 bits per heavy atom. The van der Waals surface area contributed by atoms with Crippen LogP contribution in [0.4, 0.5) is 4.79 Å². The van der Waals surface area contributed by atoms with Gasteiger partial charge in [0.2, 0.25) is 11.8 Å². The third-order valence-corrected chi connectivity index (χ3v) is 6.79. The molecule has 0 aliphatic carbocycles. The van der Waals surface area contributed by atoms with Crippen molar-refractivity contribution in [2.45, 2.75) is 131 Å². The van der Waals surface area contributed by atoms with E-state index >= 15 is 0 Å². The number of nitrogens with one attached hydrogen (secondary N) is 2. The molecule has 9 heteroatoms. The predicted octanol–water partition coefficient (Wildman–Crippen LogP) is 6.54. The molecular formula is C34H57N3O6. The van der Waals surface area contributed by atoms with Crippen LogP contribution in [0, 0.1) is 19.8 Å². The van der Waals surface area contributed by atoms with E-state index in [1.54, 1.807) is 32.6 Å². The lowest BCUT2D eigenvalue weighted by atomic mass is 9.96. The second-order valence-corrected chi connectivity index (χ2v) is 12.8. The number of carbonyl (C=O) groups is 4. The van der Waals surface area contributed by atoms with E-state index < -0.39 is 29.7 Å². The predicted molar refractivity (Wildman–Crippen MR) is 171 cm³/mol. The Morgan fingerprint density at radius 2 is 1.51 bits per heavy atom. The molecule has 0 fully saturated rings. The Kier molecular flexibility index (Phi) is 17.0. The third kappa shape index (κ3) is 15.3. The van der Waals surface area contributed by atoms with Gasteiger partial charge in [0, 0.05) is 13.1 Å². The van der Waals surface area contributed by atoms with Crippen LogP contribution in [-0.2, 0) is 23.9 Å². The molecule has 0 radical (unpaired) electrons. The van der Waals surface area contributed by atoms with Crippen molar-refractivity contribution < 1.29 is 28.7 Å². The highest BCUT2D eigenvalue weighted by atomic mass is 16.6. The minimum Gasteiger partial charge on any atom is -0.466 e. The summed E-state index contributed by atoms with van der Waals surface area (Å²) in [6.07, 6.45) is 5.83. The molecule has 0 bridgehead atoms. The number of unbranched alkanes of at least 4 members (excludes halogenated alkanes) is 5. The Labute approximate surface area is 259 Å². The van der Waals surface area contributed by atoms with Gasteiger partial charge in [0.25, 0.3) is 0 Å². The lowest BCUT2D eigenvalue weighted by Gasteiger charge is -2.35. The van der Waals surface area contributed by atoms with Gasteiger partial charge in [0.1, 0.15) is 17.7 Å². The zero-order chi connectivity index (χ0) is 32.6. The molecule has 9 nitrogen and oxygen atoms in total. The van der Waals surface area contributed by atoms with Crippen LogP contribution in [0.5, 0.6) is 0 Å². The SMILES string of the molecule is CCCCCCCCN(C(=O)C(CC(C)C)NC(=O)OC(C)(C)C)C(C(=O)NCCC(=O)OCC)c1cc(C)cc(C)c1. The number of hydrogen-bond acceptors (Lipinski definition) is 6. The fourth-order valence-electron chi connectivity index (χ4n) is 5.03. The fourth-order valence-corrected chi connectivity index (χ4v) is 5.03. The lowest BCUT2D eigenvalue weighted by molar-refractivity contribution is -0.144. The van der Waals surface area contributed by atoms with Crippen LogP contribution in [0.2, 0.25) is 0 Å². The highest BCUT2D eigenvalue weighted by Gasteiger charge is 2.36. The van der Waals surface area contributed by atoms with Gasteiger partial charge in [-0.2, -0.15) is 0 Å². The molecule has 0 aromatic heterocycles. The van der Waals surface area contributed by atoms with Crippen molar-refractivity contribution in [2.75, 3.05) is 19.7 Å². The first kappa shape index (κ1) is 37.9. The maximum absolute atomic E-state index is 14.4. The summed E-state index contributed by atoms with van der Waals surface area (Å²) in [5.41, 5.74) is 1.90. The van der Waals surface area contributed by atoms with Gasteiger partial charge in [-0.3, -0.25) is 14.4 Å². The average molecular weight is 604 g/mol. The van der Waals surface area contributed by atoms with Gasteiger partial charge in [-0.15, -0.1) is 0 Å². The summed E-state index contributed by atoms with van der Waals surface area (Å²) in [5, 5.41) is 5.67. The van der Waals surface area contributed by atoms with Crippen LogP contribution in [0.3, 0.4) is 0 Å². The second kappa shape index (κ2) is 19.2. The average Bonchev–Trinajstić information content (AvgIpc) is 2.87. The van der Waals surface area contributed by atoms with Crippen molar-refractivity contribution >= 4 is 23.9 Å². The van der Waals surface area contributed by atoms with Crippen molar-refractivity contribution in [1.82, 2.24) is 15.5 Å². The van der Waals surface area contributed by atoms with E-state index in [9.17, 15) is 19.2 Å². The van der Waals surface area contributed by atoms with Crippen LogP contribution in [0.15, 0.2) is 18.2 Å².